The third-order valence-electron chi connectivity index (χ3n) is 8.06. The predicted octanol–water partition coefficient (Wildman–Crippen LogP) is 10.2. The number of unbranched alkanes of at least 4 members (excludes halogenated alkanes) is 2. The Labute approximate surface area is 251 Å². The van der Waals surface area contributed by atoms with Gasteiger partial charge in [-0.25, -0.2) is 0 Å². The Morgan fingerprint density at radius 2 is 1.29 bits per heavy atom. The van der Waals surface area contributed by atoms with Gasteiger partial charge in [0.15, 0.2) is 0 Å². The molecule has 0 N–H and O–H groups in total. The third-order valence-corrected chi connectivity index (χ3v) is 8.06. The molecule has 0 fully saturated rings. The fourth-order valence-electron chi connectivity index (χ4n) is 5.85. The molecule has 0 unspecified atom stereocenters. The smallest absolute Gasteiger partial charge is 0.254 e. The van der Waals surface area contributed by atoms with Gasteiger partial charge in [-0.2, -0.15) is 0 Å². The van der Waals surface area contributed by atoms with Crippen molar-refractivity contribution in [3.63, 3.8) is 0 Å². The lowest BCUT2D eigenvalue weighted by molar-refractivity contribution is 0.0767. The van der Waals surface area contributed by atoms with Crippen LogP contribution in [-0.2, 0) is 0 Å². The first-order valence-electron chi connectivity index (χ1n) is 15.3. The molecule has 1 amide bonds. The Bertz CT molecular complexity index is 1530. The van der Waals surface area contributed by atoms with Crippen molar-refractivity contribution >= 4 is 22.8 Å². The summed E-state index contributed by atoms with van der Waals surface area (Å²) in [5, 5.41) is 2.11. The summed E-state index contributed by atoms with van der Waals surface area (Å²) in [7, 11) is 0. The highest BCUT2D eigenvalue weighted by molar-refractivity contribution is 6.07. The number of fused-ring (bicyclic) bond motifs is 1. The van der Waals surface area contributed by atoms with Crippen LogP contribution in [0.1, 0.15) is 72.0 Å². The molecule has 5 aromatic rings. The summed E-state index contributed by atoms with van der Waals surface area (Å²) in [5.41, 5.74) is 5.83. The summed E-state index contributed by atoms with van der Waals surface area (Å²) in [6.45, 7) is 3.53. The van der Waals surface area contributed by atoms with E-state index in [0.29, 0.717) is 13.1 Å². The van der Waals surface area contributed by atoms with Gasteiger partial charge in [0.2, 0.25) is 0 Å². The van der Waals surface area contributed by atoms with Crippen molar-refractivity contribution in [2.75, 3.05) is 13.1 Å². The summed E-state index contributed by atoms with van der Waals surface area (Å²) >= 11 is 0. The Kier molecular flexibility index (Phi) is 10.4. The van der Waals surface area contributed by atoms with Gasteiger partial charge in [-0.15, -0.1) is 0 Å². The monoisotopic (exact) mass is 551 g/mol. The first-order chi connectivity index (χ1) is 20.7. The summed E-state index contributed by atoms with van der Waals surface area (Å²) in [6.07, 6.45) is 7.62. The maximum absolute atomic E-state index is 14.5. The maximum atomic E-state index is 14.5. The first-order valence-corrected chi connectivity index (χ1v) is 15.3. The quantitative estimate of drug-likeness (QED) is 0.133. The zero-order valence-electron chi connectivity index (χ0n) is 24.7. The lowest BCUT2D eigenvalue weighted by Crippen LogP contribution is -2.34. The van der Waals surface area contributed by atoms with Crippen LogP contribution < -0.4 is 0 Å². The number of hydrogen-bond donors (Lipinski definition) is 0. The van der Waals surface area contributed by atoms with Gasteiger partial charge in [0.05, 0.1) is 0 Å². The van der Waals surface area contributed by atoms with Crippen LogP contribution in [0.3, 0.4) is 0 Å². The maximum Gasteiger partial charge on any atom is 0.254 e. The number of benzene rings is 5. The molecule has 0 spiro atoms. The average molecular weight is 552 g/mol. The van der Waals surface area contributed by atoms with Gasteiger partial charge in [-0.1, -0.05) is 159 Å². The molecule has 2 heteroatoms. The molecular formula is C40H41NO. The molecule has 0 radical (unpaired) electrons. The van der Waals surface area contributed by atoms with Crippen LogP contribution in [0, 0.1) is 0 Å². The van der Waals surface area contributed by atoms with Crippen LogP contribution in [0.2, 0.25) is 0 Å². The van der Waals surface area contributed by atoms with Crippen LogP contribution >= 0.6 is 0 Å². The van der Waals surface area contributed by atoms with Crippen molar-refractivity contribution < 1.29 is 4.79 Å². The lowest BCUT2D eigenvalue weighted by atomic mass is 9.88. The second kappa shape index (κ2) is 15.0. The minimum atomic E-state index is 0.0983. The van der Waals surface area contributed by atoms with Crippen LogP contribution in [-0.4, -0.2) is 23.9 Å². The van der Waals surface area contributed by atoms with Crippen LogP contribution in [0.4, 0.5) is 0 Å². The molecule has 0 aliphatic carbocycles. The highest BCUT2D eigenvalue weighted by atomic mass is 16.2. The summed E-state index contributed by atoms with van der Waals surface area (Å²) in [5.74, 6) is 0.304. The molecule has 0 aromatic heterocycles. The summed E-state index contributed by atoms with van der Waals surface area (Å²) in [4.78, 5) is 16.6. The molecule has 0 heterocycles. The minimum absolute atomic E-state index is 0.0983. The zero-order chi connectivity index (χ0) is 29.0. The molecule has 0 aliphatic heterocycles. The van der Waals surface area contributed by atoms with Crippen molar-refractivity contribution in [1.29, 1.82) is 0 Å². The number of rotatable bonds is 13. The lowest BCUT2D eigenvalue weighted by Gasteiger charge is -2.28. The van der Waals surface area contributed by atoms with Crippen molar-refractivity contribution in [3.05, 3.63) is 161 Å². The standard InChI is InChI=1S/C40H41NO/c1-2-3-7-19-33(30-32-17-8-4-9-18-32)31-41(40(42)39-27-16-25-36-24-14-15-26-38(36)39)29-28-37(34-20-10-5-11-21-34)35-22-12-6-13-23-35/h4-6,8-18,20-27,30,37H,2-3,7,19,28-29,31H2,1H3/b33-30-. The van der Waals surface area contributed by atoms with Gasteiger partial charge in [0.25, 0.3) is 5.91 Å². The van der Waals surface area contributed by atoms with Gasteiger partial charge < -0.3 is 4.90 Å². The fraction of sp³-hybridized carbons (Fsp3) is 0.225. The highest BCUT2D eigenvalue weighted by Crippen LogP contribution is 2.29. The van der Waals surface area contributed by atoms with Gasteiger partial charge in [-0.3, -0.25) is 4.79 Å². The van der Waals surface area contributed by atoms with Gasteiger partial charge >= 0.3 is 0 Å². The normalized spacial score (nSPS) is 11.6. The predicted molar refractivity (Wildman–Crippen MR) is 178 cm³/mol. The Balaban J connectivity index is 1.50. The second-order valence-corrected chi connectivity index (χ2v) is 11.1. The number of carbonyl (C=O) groups is 1. The van der Waals surface area contributed by atoms with E-state index in [0.717, 1.165) is 35.6 Å². The van der Waals surface area contributed by atoms with E-state index >= 15 is 0 Å². The van der Waals surface area contributed by atoms with E-state index in [2.05, 4.69) is 127 Å². The third kappa shape index (κ3) is 7.64. The fourth-order valence-corrected chi connectivity index (χ4v) is 5.85. The summed E-state index contributed by atoms with van der Waals surface area (Å²) < 4.78 is 0. The van der Waals surface area contributed by atoms with Gasteiger partial charge in [0.1, 0.15) is 0 Å². The first kappa shape index (κ1) is 29.1. The van der Waals surface area contributed by atoms with E-state index in [1.807, 2.05) is 24.3 Å². The van der Waals surface area contributed by atoms with Crippen molar-refractivity contribution in [2.45, 2.75) is 44.9 Å². The van der Waals surface area contributed by atoms with Crippen molar-refractivity contribution in [1.82, 2.24) is 4.90 Å². The van der Waals surface area contributed by atoms with Gasteiger partial charge in [-0.05, 0) is 52.8 Å². The molecule has 0 atom stereocenters. The topological polar surface area (TPSA) is 20.3 Å². The zero-order valence-corrected chi connectivity index (χ0v) is 24.7. The number of carbonyl (C=O) groups excluding carboxylic acids is 1. The van der Waals surface area contributed by atoms with Crippen LogP contribution in [0.15, 0.2) is 139 Å². The number of hydrogen-bond acceptors (Lipinski definition) is 1. The molecule has 5 aromatic carbocycles. The molecule has 0 aliphatic rings. The Morgan fingerprint density at radius 3 is 1.95 bits per heavy atom. The summed E-state index contributed by atoms with van der Waals surface area (Å²) in [6, 6.07) is 46.2. The largest absolute Gasteiger partial charge is 0.335 e. The number of nitrogens with zero attached hydrogens (tertiary/aromatic N) is 1. The minimum Gasteiger partial charge on any atom is -0.335 e. The van der Waals surface area contributed by atoms with E-state index in [4.69, 9.17) is 0 Å². The van der Waals surface area contributed by atoms with Crippen molar-refractivity contribution in [2.24, 2.45) is 0 Å². The Morgan fingerprint density at radius 1 is 0.690 bits per heavy atom. The molecule has 42 heavy (non-hydrogen) atoms. The molecule has 5 rings (SSSR count). The van der Waals surface area contributed by atoms with Crippen LogP contribution in [0.25, 0.3) is 16.8 Å². The Hall–Kier alpha value is -4.43. The molecule has 212 valence electrons. The molecular weight excluding hydrogens is 510 g/mol. The van der Waals surface area contributed by atoms with Crippen molar-refractivity contribution in [3.8, 4) is 0 Å². The molecule has 0 saturated carbocycles. The molecule has 0 bridgehead atoms. The number of amides is 1. The van der Waals surface area contributed by atoms with E-state index in [-0.39, 0.29) is 11.8 Å². The van der Waals surface area contributed by atoms with E-state index in [1.54, 1.807) is 0 Å². The average Bonchev–Trinajstić information content (AvgIpc) is 3.05. The molecule has 0 saturated heterocycles. The SMILES string of the molecule is CCCCC/C(=C/c1ccccc1)CN(CCC(c1ccccc1)c1ccccc1)C(=O)c1cccc2ccccc12. The van der Waals surface area contributed by atoms with Crippen LogP contribution in [0.5, 0.6) is 0 Å². The van der Waals surface area contributed by atoms with E-state index in [1.165, 1.54) is 35.1 Å². The second-order valence-electron chi connectivity index (χ2n) is 11.1. The van der Waals surface area contributed by atoms with E-state index < -0.39 is 0 Å². The van der Waals surface area contributed by atoms with E-state index in [9.17, 15) is 4.79 Å². The van der Waals surface area contributed by atoms with Gasteiger partial charge in [0, 0.05) is 24.6 Å². The highest BCUT2D eigenvalue weighted by Gasteiger charge is 2.22. The molecule has 2 nitrogen and oxygen atoms in total.